The molecule has 0 saturated carbocycles. The fourth-order valence-electron chi connectivity index (χ4n) is 3.28. The van der Waals surface area contributed by atoms with Gasteiger partial charge in [0, 0.05) is 12.2 Å². The topological polar surface area (TPSA) is 69.0 Å². The smallest absolute Gasteiger partial charge is 0.234 e. The first-order chi connectivity index (χ1) is 15.4. The van der Waals surface area contributed by atoms with Crippen molar-refractivity contribution in [1.82, 2.24) is 14.8 Å². The molecular weight excluding hydrogens is 427 g/mol. The van der Waals surface area contributed by atoms with Gasteiger partial charge in [-0.2, -0.15) is 0 Å². The lowest BCUT2D eigenvalue weighted by Crippen LogP contribution is -2.17. The van der Waals surface area contributed by atoms with E-state index >= 15 is 0 Å². The Morgan fingerprint density at radius 1 is 1.12 bits per heavy atom. The van der Waals surface area contributed by atoms with Crippen LogP contribution in [0, 0.1) is 11.7 Å². The minimum absolute atomic E-state index is 0.0906. The van der Waals surface area contributed by atoms with Crippen molar-refractivity contribution < 1.29 is 13.9 Å². The normalized spacial score (nSPS) is 12.1. The van der Waals surface area contributed by atoms with Crippen LogP contribution in [0.5, 0.6) is 5.75 Å². The molecule has 2 aromatic carbocycles. The number of amides is 1. The zero-order valence-electron chi connectivity index (χ0n) is 18.8. The number of para-hydroxylation sites is 1. The second-order valence-electron chi connectivity index (χ2n) is 7.91. The summed E-state index contributed by atoms with van der Waals surface area (Å²) < 4.78 is 21.1. The van der Waals surface area contributed by atoms with Crippen LogP contribution < -0.4 is 10.1 Å². The molecule has 0 aliphatic rings. The number of halogens is 1. The molecule has 170 valence electrons. The van der Waals surface area contributed by atoms with E-state index in [1.807, 2.05) is 35.8 Å². The van der Waals surface area contributed by atoms with E-state index < -0.39 is 0 Å². The van der Waals surface area contributed by atoms with Crippen LogP contribution in [0.4, 0.5) is 10.1 Å². The molecule has 0 saturated heterocycles. The number of benzene rings is 2. The van der Waals surface area contributed by atoms with Crippen LogP contribution in [-0.4, -0.2) is 26.4 Å². The number of carbonyl (C=O) groups excluding carboxylic acids is 1. The maximum Gasteiger partial charge on any atom is 0.234 e. The van der Waals surface area contributed by atoms with Gasteiger partial charge in [-0.25, -0.2) is 4.39 Å². The number of carbonyl (C=O) groups is 1. The molecule has 1 atom stereocenters. The van der Waals surface area contributed by atoms with Gasteiger partial charge in [-0.15, -0.1) is 10.2 Å². The molecular formula is C24H29FN4O2S. The molecule has 1 N–H and O–H groups in total. The van der Waals surface area contributed by atoms with Gasteiger partial charge in [-0.3, -0.25) is 4.79 Å². The van der Waals surface area contributed by atoms with E-state index in [1.165, 1.54) is 23.9 Å². The van der Waals surface area contributed by atoms with Crippen molar-refractivity contribution in [2.75, 3.05) is 11.1 Å². The minimum Gasteiger partial charge on any atom is -0.483 e. The maximum absolute atomic E-state index is 13.2. The highest BCUT2D eigenvalue weighted by molar-refractivity contribution is 7.99. The summed E-state index contributed by atoms with van der Waals surface area (Å²) in [4.78, 5) is 12.6. The summed E-state index contributed by atoms with van der Waals surface area (Å²) in [6, 6.07) is 13.7. The van der Waals surface area contributed by atoms with Crippen LogP contribution >= 0.6 is 11.8 Å². The molecule has 0 aliphatic heterocycles. The predicted molar refractivity (Wildman–Crippen MR) is 125 cm³/mol. The van der Waals surface area contributed by atoms with Crippen LogP contribution in [0.15, 0.2) is 53.7 Å². The minimum atomic E-state index is -0.383. The molecule has 0 aliphatic carbocycles. The largest absolute Gasteiger partial charge is 0.483 e. The zero-order chi connectivity index (χ0) is 23.1. The Hall–Kier alpha value is -2.87. The first kappa shape index (κ1) is 23.8. The monoisotopic (exact) mass is 456 g/mol. The maximum atomic E-state index is 13.2. The third-order valence-corrected chi connectivity index (χ3v) is 5.75. The number of aryl methyl sites for hydroxylation is 1. The molecule has 0 radical (unpaired) electrons. The fourth-order valence-corrected chi connectivity index (χ4v) is 4.04. The van der Waals surface area contributed by atoms with Crippen LogP contribution in [-0.2, 0) is 17.8 Å². The summed E-state index contributed by atoms with van der Waals surface area (Å²) in [7, 11) is 0. The number of nitrogens with one attached hydrogen (secondary N) is 1. The van der Waals surface area contributed by atoms with Crippen molar-refractivity contribution in [3.05, 3.63) is 65.7 Å². The van der Waals surface area contributed by atoms with E-state index in [2.05, 4.69) is 36.3 Å². The number of rotatable bonds is 10. The Kier molecular flexibility index (Phi) is 8.27. The zero-order valence-corrected chi connectivity index (χ0v) is 19.7. The molecule has 32 heavy (non-hydrogen) atoms. The molecule has 0 fully saturated rings. The van der Waals surface area contributed by atoms with Crippen molar-refractivity contribution in [1.29, 1.82) is 0 Å². The van der Waals surface area contributed by atoms with Gasteiger partial charge in [0.1, 0.15) is 11.6 Å². The van der Waals surface area contributed by atoms with E-state index in [9.17, 15) is 9.18 Å². The van der Waals surface area contributed by atoms with Crippen molar-refractivity contribution in [2.45, 2.75) is 51.9 Å². The van der Waals surface area contributed by atoms with Gasteiger partial charge < -0.3 is 14.6 Å². The van der Waals surface area contributed by atoms with E-state index in [0.29, 0.717) is 29.2 Å². The molecule has 1 heterocycles. The standard InChI is InChI=1S/C24H29FN4O2S/c1-5-18-8-6-7-9-21(18)26-22(30)15-32-24-28-27-23(29(24)14-16(2)3)17(4)31-20-12-10-19(25)11-13-20/h6-13,16-17H,5,14-15H2,1-4H3,(H,26,30). The third-order valence-electron chi connectivity index (χ3n) is 4.79. The number of nitrogens with zero attached hydrogens (tertiary/aromatic N) is 3. The third kappa shape index (κ3) is 6.32. The van der Waals surface area contributed by atoms with Gasteiger partial charge in [-0.05, 0) is 55.2 Å². The first-order valence-corrected chi connectivity index (χ1v) is 11.7. The second-order valence-corrected chi connectivity index (χ2v) is 8.85. The van der Waals surface area contributed by atoms with Crippen LogP contribution in [0.3, 0.4) is 0 Å². The Morgan fingerprint density at radius 2 is 1.84 bits per heavy atom. The van der Waals surface area contributed by atoms with Gasteiger partial charge in [0.15, 0.2) is 17.1 Å². The Labute approximate surface area is 192 Å². The van der Waals surface area contributed by atoms with E-state index in [4.69, 9.17) is 4.74 Å². The van der Waals surface area contributed by atoms with E-state index in [1.54, 1.807) is 12.1 Å². The first-order valence-electron chi connectivity index (χ1n) is 10.7. The average Bonchev–Trinajstić information content (AvgIpc) is 3.16. The highest BCUT2D eigenvalue weighted by atomic mass is 32.2. The second kappa shape index (κ2) is 11.1. The van der Waals surface area contributed by atoms with Gasteiger partial charge in [0.05, 0.1) is 5.75 Å². The van der Waals surface area contributed by atoms with E-state index in [-0.39, 0.29) is 23.6 Å². The number of thioether (sulfide) groups is 1. The lowest BCUT2D eigenvalue weighted by atomic mass is 10.1. The van der Waals surface area contributed by atoms with Gasteiger partial charge in [0.2, 0.25) is 5.91 Å². The number of anilines is 1. The van der Waals surface area contributed by atoms with Crippen molar-refractivity contribution in [3.8, 4) is 5.75 Å². The number of hydrogen-bond acceptors (Lipinski definition) is 5. The molecule has 6 nitrogen and oxygen atoms in total. The Bertz CT molecular complexity index is 1040. The SMILES string of the molecule is CCc1ccccc1NC(=O)CSc1nnc(C(C)Oc2ccc(F)cc2)n1CC(C)C. The molecule has 3 aromatic rings. The summed E-state index contributed by atoms with van der Waals surface area (Å²) in [5.41, 5.74) is 1.94. The summed E-state index contributed by atoms with van der Waals surface area (Å²) in [5.74, 6) is 1.40. The van der Waals surface area contributed by atoms with Crippen LogP contribution in [0.1, 0.15) is 45.2 Å². The van der Waals surface area contributed by atoms with Gasteiger partial charge in [-0.1, -0.05) is 50.7 Å². The highest BCUT2D eigenvalue weighted by Gasteiger charge is 2.21. The van der Waals surface area contributed by atoms with Crippen molar-refractivity contribution in [3.63, 3.8) is 0 Å². The van der Waals surface area contributed by atoms with Gasteiger partial charge >= 0.3 is 0 Å². The number of ether oxygens (including phenoxy) is 1. The molecule has 3 rings (SSSR count). The molecule has 1 unspecified atom stereocenters. The highest BCUT2D eigenvalue weighted by Crippen LogP contribution is 2.26. The molecule has 0 bridgehead atoms. The average molecular weight is 457 g/mol. The molecule has 8 heteroatoms. The van der Waals surface area contributed by atoms with Crippen molar-refractivity contribution in [2.24, 2.45) is 5.92 Å². The lowest BCUT2D eigenvalue weighted by Gasteiger charge is -2.18. The molecule has 0 spiro atoms. The summed E-state index contributed by atoms with van der Waals surface area (Å²) in [6.07, 6.45) is 0.466. The van der Waals surface area contributed by atoms with Gasteiger partial charge in [0.25, 0.3) is 0 Å². The molecule has 1 amide bonds. The predicted octanol–water partition coefficient (Wildman–Crippen LogP) is 5.51. The quantitative estimate of drug-likeness (QED) is 0.408. The Morgan fingerprint density at radius 3 is 2.53 bits per heavy atom. The number of aromatic nitrogens is 3. The number of hydrogen-bond donors (Lipinski definition) is 1. The van der Waals surface area contributed by atoms with Crippen LogP contribution in [0.2, 0.25) is 0 Å². The fraction of sp³-hybridized carbons (Fsp3) is 0.375. The Balaban J connectivity index is 1.70. The summed E-state index contributed by atoms with van der Waals surface area (Å²) in [6.45, 7) is 8.86. The van der Waals surface area contributed by atoms with E-state index in [0.717, 1.165) is 17.7 Å². The summed E-state index contributed by atoms with van der Waals surface area (Å²) >= 11 is 1.35. The molecule has 1 aromatic heterocycles. The van der Waals surface area contributed by atoms with Crippen molar-refractivity contribution >= 4 is 23.4 Å². The summed E-state index contributed by atoms with van der Waals surface area (Å²) in [5, 5.41) is 12.3. The lowest BCUT2D eigenvalue weighted by molar-refractivity contribution is -0.113. The van der Waals surface area contributed by atoms with Crippen LogP contribution in [0.25, 0.3) is 0 Å².